The Morgan fingerprint density at radius 1 is 1.27 bits per heavy atom. The number of phenols is 1. The minimum Gasteiger partial charge on any atom is -0.507 e. The lowest BCUT2D eigenvalue weighted by Crippen LogP contribution is -2.25. The van der Waals surface area contributed by atoms with E-state index in [-0.39, 0.29) is 18.2 Å². The van der Waals surface area contributed by atoms with Crippen molar-refractivity contribution in [1.29, 1.82) is 0 Å². The monoisotopic (exact) mass is 353 g/mol. The number of rotatable bonds is 9. The Labute approximate surface area is 153 Å². The van der Waals surface area contributed by atoms with Crippen LogP contribution in [0.15, 0.2) is 60.2 Å². The number of phenolic OH excluding ortho intramolecular Hbond substituents is 1. The lowest BCUT2D eigenvalue weighted by atomic mass is 10.1. The summed E-state index contributed by atoms with van der Waals surface area (Å²) in [5.74, 6) is 0.625. The van der Waals surface area contributed by atoms with Gasteiger partial charge in [0.05, 0.1) is 19.4 Å². The third-order valence-corrected chi connectivity index (χ3v) is 3.53. The molecule has 2 aromatic carbocycles. The maximum atomic E-state index is 11.8. The Morgan fingerprint density at radius 2 is 2.04 bits per heavy atom. The molecule has 2 rings (SSSR count). The number of benzene rings is 2. The summed E-state index contributed by atoms with van der Waals surface area (Å²) in [6.07, 6.45) is 3.69. The molecule has 0 atom stereocenters. The number of anilines is 1. The van der Waals surface area contributed by atoms with Gasteiger partial charge in [-0.1, -0.05) is 18.2 Å². The quantitative estimate of drug-likeness (QED) is 0.367. The minimum absolute atomic E-state index is 0.0772. The molecule has 0 spiro atoms. The molecule has 0 aliphatic heterocycles. The van der Waals surface area contributed by atoms with Gasteiger partial charge in [-0.2, -0.15) is 5.10 Å². The standard InChI is InChI=1S/C20H23N3O3/c1-3-6-15-7-5-8-16(20(15)25)13-22-23-19(24)14-21-17-9-11-18(12-10-17)26-4-2/h3,5,7-13,21,25H,1,4,6,14H2,2H3,(H,23,24). The van der Waals surface area contributed by atoms with E-state index in [9.17, 15) is 9.90 Å². The molecule has 0 unspecified atom stereocenters. The zero-order chi connectivity index (χ0) is 18.8. The molecule has 2 aromatic rings. The van der Waals surface area contributed by atoms with Crippen LogP contribution in [0.1, 0.15) is 18.1 Å². The van der Waals surface area contributed by atoms with Crippen LogP contribution < -0.4 is 15.5 Å². The first kappa shape index (κ1) is 19.1. The predicted molar refractivity (Wildman–Crippen MR) is 104 cm³/mol. The Hall–Kier alpha value is -3.28. The number of nitrogens with one attached hydrogen (secondary N) is 2. The van der Waals surface area contributed by atoms with Gasteiger partial charge in [0, 0.05) is 11.3 Å². The number of hydrogen-bond donors (Lipinski definition) is 3. The fraction of sp³-hybridized carbons (Fsp3) is 0.200. The van der Waals surface area contributed by atoms with Crippen molar-refractivity contribution in [3.05, 3.63) is 66.2 Å². The predicted octanol–water partition coefficient (Wildman–Crippen LogP) is 3.08. The van der Waals surface area contributed by atoms with E-state index in [1.54, 1.807) is 12.1 Å². The summed E-state index contributed by atoms with van der Waals surface area (Å²) in [6.45, 7) is 6.27. The molecule has 0 radical (unpaired) electrons. The normalized spacial score (nSPS) is 10.5. The highest BCUT2D eigenvalue weighted by Crippen LogP contribution is 2.21. The van der Waals surface area contributed by atoms with Gasteiger partial charge in [0.1, 0.15) is 11.5 Å². The summed E-state index contributed by atoms with van der Waals surface area (Å²) in [5.41, 5.74) is 4.52. The fourth-order valence-corrected chi connectivity index (χ4v) is 2.27. The number of aromatic hydroxyl groups is 1. The average Bonchev–Trinajstić information content (AvgIpc) is 2.64. The lowest BCUT2D eigenvalue weighted by molar-refractivity contribution is -0.119. The van der Waals surface area contributed by atoms with E-state index in [0.717, 1.165) is 17.0 Å². The third kappa shape index (κ3) is 5.66. The maximum absolute atomic E-state index is 11.8. The second-order valence-corrected chi connectivity index (χ2v) is 5.45. The number of carbonyl (C=O) groups is 1. The molecule has 0 bridgehead atoms. The first-order valence-electron chi connectivity index (χ1n) is 8.34. The van der Waals surface area contributed by atoms with Crippen molar-refractivity contribution in [2.45, 2.75) is 13.3 Å². The van der Waals surface area contributed by atoms with Gasteiger partial charge < -0.3 is 15.2 Å². The molecule has 0 aliphatic rings. The van der Waals surface area contributed by atoms with Gasteiger partial charge in [-0.15, -0.1) is 6.58 Å². The molecule has 0 saturated heterocycles. The van der Waals surface area contributed by atoms with Crippen molar-refractivity contribution in [2.75, 3.05) is 18.5 Å². The summed E-state index contributed by atoms with van der Waals surface area (Å²) < 4.78 is 5.36. The summed E-state index contributed by atoms with van der Waals surface area (Å²) >= 11 is 0. The number of allylic oxidation sites excluding steroid dienone is 1. The molecular weight excluding hydrogens is 330 g/mol. The number of hydrazone groups is 1. The lowest BCUT2D eigenvalue weighted by Gasteiger charge is -2.07. The Morgan fingerprint density at radius 3 is 2.73 bits per heavy atom. The van der Waals surface area contributed by atoms with Crippen LogP contribution in [0.5, 0.6) is 11.5 Å². The van der Waals surface area contributed by atoms with Gasteiger partial charge in [0.15, 0.2) is 0 Å². The highest BCUT2D eigenvalue weighted by molar-refractivity contribution is 5.86. The number of carbonyl (C=O) groups excluding carboxylic acids is 1. The Balaban J connectivity index is 1.84. The van der Waals surface area contributed by atoms with E-state index >= 15 is 0 Å². The van der Waals surface area contributed by atoms with Gasteiger partial charge in [-0.05, 0) is 49.2 Å². The van der Waals surface area contributed by atoms with Crippen molar-refractivity contribution in [1.82, 2.24) is 5.43 Å². The minimum atomic E-state index is -0.295. The van der Waals surface area contributed by atoms with Gasteiger partial charge in [0.25, 0.3) is 5.91 Å². The van der Waals surface area contributed by atoms with E-state index in [1.807, 2.05) is 43.3 Å². The number of hydrogen-bond acceptors (Lipinski definition) is 5. The summed E-state index contributed by atoms with van der Waals surface area (Å²) in [4.78, 5) is 11.8. The Bertz CT molecular complexity index is 770. The van der Waals surface area contributed by atoms with Crippen LogP contribution in [-0.4, -0.2) is 30.4 Å². The van der Waals surface area contributed by atoms with Crippen LogP contribution in [0.3, 0.4) is 0 Å². The van der Waals surface area contributed by atoms with Crippen molar-refractivity contribution in [3.8, 4) is 11.5 Å². The zero-order valence-corrected chi connectivity index (χ0v) is 14.7. The van der Waals surface area contributed by atoms with Crippen molar-refractivity contribution in [3.63, 3.8) is 0 Å². The summed E-state index contributed by atoms with van der Waals surface area (Å²) in [5, 5.41) is 17.0. The fourth-order valence-electron chi connectivity index (χ4n) is 2.27. The highest BCUT2D eigenvalue weighted by atomic mass is 16.5. The maximum Gasteiger partial charge on any atom is 0.259 e. The number of para-hydroxylation sites is 1. The molecule has 1 amide bonds. The molecule has 0 heterocycles. The first-order valence-corrected chi connectivity index (χ1v) is 8.34. The average molecular weight is 353 g/mol. The second kappa shape index (κ2) is 9.88. The Kier molecular flexibility index (Phi) is 7.24. The largest absolute Gasteiger partial charge is 0.507 e. The van der Waals surface area contributed by atoms with Crippen LogP contribution in [0.25, 0.3) is 0 Å². The SMILES string of the molecule is C=CCc1cccc(C=NNC(=O)CNc2ccc(OCC)cc2)c1O. The summed E-state index contributed by atoms with van der Waals surface area (Å²) in [6, 6.07) is 12.7. The molecule has 0 fully saturated rings. The van der Waals surface area contributed by atoms with E-state index in [1.165, 1.54) is 6.21 Å². The van der Waals surface area contributed by atoms with E-state index < -0.39 is 0 Å². The number of amides is 1. The van der Waals surface area contributed by atoms with Crippen LogP contribution in [0.4, 0.5) is 5.69 Å². The van der Waals surface area contributed by atoms with Gasteiger partial charge >= 0.3 is 0 Å². The van der Waals surface area contributed by atoms with Crippen molar-refractivity contribution in [2.24, 2.45) is 5.10 Å². The molecular formula is C20H23N3O3. The smallest absolute Gasteiger partial charge is 0.259 e. The van der Waals surface area contributed by atoms with Crippen LogP contribution in [0, 0.1) is 0 Å². The third-order valence-electron chi connectivity index (χ3n) is 3.53. The first-order chi connectivity index (χ1) is 12.6. The van der Waals surface area contributed by atoms with Gasteiger partial charge in [-0.25, -0.2) is 5.43 Å². The van der Waals surface area contributed by atoms with E-state index in [4.69, 9.17) is 4.74 Å². The van der Waals surface area contributed by atoms with Gasteiger partial charge in [-0.3, -0.25) is 4.79 Å². The van der Waals surface area contributed by atoms with E-state index in [2.05, 4.69) is 22.4 Å². The molecule has 136 valence electrons. The van der Waals surface area contributed by atoms with Gasteiger partial charge in [0.2, 0.25) is 0 Å². The molecule has 6 heteroatoms. The summed E-state index contributed by atoms with van der Waals surface area (Å²) in [7, 11) is 0. The molecule has 6 nitrogen and oxygen atoms in total. The molecule has 0 aromatic heterocycles. The zero-order valence-electron chi connectivity index (χ0n) is 14.7. The van der Waals surface area contributed by atoms with Crippen molar-refractivity contribution < 1.29 is 14.6 Å². The molecule has 26 heavy (non-hydrogen) atoms. The molecule has 0 saturated carbocycles. The topological polar surface area (TPSA) is 83.0 Å². The molecule has 3 N–H and O–H groups in total. The van der Waals surface area contributed by atoms with Crippen LogP contribution in [0.2, 0.25) is 0 Å². The van der Waals surface area contributed by atoms with Crippen molar-refractivity contribution >= 4 is 17.8 Å². The number of nitrogens with zero attached hydrogens (tertiary/aromatic N) is 1. The second-order valence-electron chi connectivity index (χ2n) is 5.45. The van der Waals surface area contributed by atoms with Crippen LogP contribution in [-0.2, 0) is 11.2 Å². The number of ether oxygens (including phenoxy) is 1. The highest BCUT2D eigenvalue weighted by Gasteiger charge is 2.04. The van der Waals surface area contributed by atoms with Crippen LogP contribution >= 0.6 is 0 Å². The van der Waals surface area contributed by atoms with E-state index in [0.29, 0.717) is 18.6 Å². The molecule has 0 aliphatic carbocycles.